The number of nitrogens with one attached hydrogen (secondary N) is 1. The topological polar surface area (TPSA) is 55.4 Å². The summed E-state index contributed by atoms with van der Waals surface area (Å²) < 4.78 is 6.90. The molecule has 7 heteroatoms. The first-order valence-electron chi connectivity index (χ1n) is 5.50. The maximum Gasteiger partial charge on any atom is 0.353 e. The maximum absolute atomic E-state index is 11.9. The van der Waals surface area contributed by atoms with Crippen LogP contribution in [-0.2, 0) is 4.79 Å². The molecule has 1 aromatic heterocycles. The number of thiophene rings is 1. The van der Waals surface area contributed by atoms with Gasteiger partial charge in [-0.05, 0) is 62.2 Å². The number of amides is 1. The normalized spacial score (nSPS) is 10.2. The van der Waals surface area contributed by atoms with Gasteiger partial charge < -0.3 is 10.1 Å². The Labute approximate surface area is 136 Å². The van der Waals surface area contributed by atoms with Crippen molar-refractivity contribution in [2.75, 3.05) is 5.32 Å². The Hall–Kier alpha value is -1.18. The van der Waals surface area contributed by atoms with Crippen LogP contribution in [-0.4, -0.2) is 11.9 Å². The van der Waals surface area contributed by atoms with Crippen LogP contribution in [0.5, 0.6) is 5.75 Å². The van der Waals surface area contributed by atoms with Crippen LogP contribution in [0.15, 0.2) is 38.6 Å². The van der Waals surface area contributed by atoms with Crippen LogP contribution < -0.4 is 10.1 Å². The van der Waals surface area contributed by atoms with Crippen molar-refractivity contribution in [2.45, 2.75) is 6.92 Å². The third kappa shape index (κ3) is 3.91. The number of rotatable bonds is 3. The Bertz CT molecular complexity index is 633. The number of carbonyl (C=O) groups excluding carboxylic acids is 2. The molecule has 0 saturated carbocycles. The van der Waals surface area contributed by atoms with Gasteiger partial charge in [-0.1, -0.05) is 0 Å². The van der Waals surface area contributed by atoms with Crippen molar-refractivity contribution < 1.29 is 14.3 Å². The lowest BCUT2D eigenvalue weighted by Crippen LogP contribution is -2.07. The van der Waals surface area contributed by atoms with E-state index in [1.54, 1.807) is 30.3 Å². The van der Waals surface area contributed by atoms with E-state index in [2.05, 4.69) is 37.2 Å². The fourth-order valence-electron chi connectivity index (χ4n) is 1.41. The number of halogens is 2. The highest BCUT2D eigenvalue weighted by molar-refractivity contribution is 9.13. The monoisotopic (exact) mass is 417 g/mol. The van der Waals surface area contributed by atoms with Gasteiger partial charge in [-0.25, -0.2) is 4.79 Å². The zero-order valence-corrected chi connectivity index (χ0v) is 14.3. The van der Waals surface area contributed by atoms with Crippen molar-refractivity contribution in [3.63, 3.8) is 0 Å². The van der Waals surface area contributed by atoms with Crippen molar-refractivity contribution in [2.24, 2.45) is 0 Å². The summed E-state index contributed by atoms with van der Waals surface area (Å²) in [5, 5.41) is 2.64. The molecule has 1 aromatic carbocycles. The Kier molecular flexibility index (Phi) is 4.95. The fourth-order valence-corrected chi connectivity index (χ4v) is 3.33. The Morgan fingerprint density at radius 3 is 2.35 bits per heavy atom. The van der Waals surface area contributed by atoms with Crippen molar-refractivity contribution in [3.05, 3.63) is 43.5 Å². The summed E-state index contributed by atoms with van der Waals surface area (Å²) in [4.78, 5) is 23.3. The molecule has 0 fully saturated rings. The minimum absolute atomic E-state index is 0.150. The number of esters is 1. The number of carbonyl (C=O) groups is 2. The van der Waals surface area contributed by atoms with Gasteiger partial charge in [0.05, 0.1) is 3.79 Å². The number of hydrogen-bond donors (Lipinski definition) is 1. The van der Waals surface area contributed by atoms with Crippen LogP contribution in [0.1, 0.15) is 16.6 Å². The molecule has 0 aliphatic heterocycles. The van der Waals surface area contributed by atoms with Crippen molar-refractivity contribution in [3.8, 4) is 5.75 Å². The highest BCUT2D eigenvalue weighted by Crippen LogP contribution is 2.33. The molecule has 1 heterocycles. The predicted octanol–water partition coefficient (Wildman–Crippen LogP) is 4.45. The Balaban J connectivity index is 2.06. The molecule has 1 N–H and O–H groups in total. The average Bonchev–Trinajstić information content (AvgIpc) is 2.71. The zero-order chi connectivity index (χ0) is 14.7. The van der Waals surface area contributed by atoms with Crippen LogP contribution in [0.2, 0.25) is 0 Å². The molecular formula is C13H9Br2NO3S. The molecule has 4 nitrogen and oxygen atoms in total. The standard InChI is InChI=1S/C13H9Br2NO3S/c1-7(17)16-8-2-4-9(5-3-8)19-13(18)11-6-10(14)12(15)20-11/h2-6H,1H3,(H,16,17). The van der Waals surface area contributed by atoms with Crippen LogP contribution in [0.25, 0.3) is 0 Å². The minimum atomic E-state index is -0.423. The van der Waals surface area contributed by atoms with E-state index in [9.17, 15) is 9.59 Å². The summed E-state index contributed by atoms with van der Waals surface area (Å²) >= 11 is 7.94. The second-order valence-electron chi connectivity index (χ2n) is 3.83. The Morgan fingerprint density at radius 1 is 1.20 bits per heavy atom. The van der Waals surface area contributed by atoms with E-state index in [1.807, 2.05) is 0 Å². The smallest absolute Gasteiger partial charge is 0.353 e. The third-order valence-corrected chi connectivity index (χ3v) is 5.47. The van der Waals surface area contributed by atoms with Crippen molar-refractivity contribution in [1.29, 1.82) is 0 Å². The molecule has 2 rings (SSSR count). The van der Waals surface area contributed by atoms with Crippen molar-refractivity contribution in [1.82, 2.24) is 0 Å². The summed E-state index contributed by atoms with van der Waals surface area (Å²) in [5.41, 5.74) is 0.652. The van der Waals surface area contributed by atoms with Crippen LogP contribution in [0.4, 0.5) is 5.69 Å². The largest absolute Gasteiger partial charge is 0.422 e. The second-order valence-corrected chi connectivity index (χ2v) is 7.05. The quantitative estimate of drug-likeness (QED) is 0.591. The minimum Gasteiger partial charge on any atom is -0.422 e. The van der Waals surface area contributed by atoms with E-state index in [1.165, 1.54) is 18.3 Å². The molecule has 0 bridgehead atoms. The molecular weight excluding hydrogens is 410 g/mol. The maximum atomic E-state index is 11.9. The molecule has 0 spiro atoms. The molecule has 0 radical (unpaired) electrons. The number of hydrogen-bond acceptors (Lipinski definition) is 4. The number of anilines is 1. The van der Waals surface area contributed by atoms with Gasteiger partial charge in [0, 0.05) is 17.1 Å². The van der Waals surface area contributed by atoms with Gasteiger partial charge in [-0.15, -0.1) is 11.3 Å². The first kappa shape index (κ1) is 15.2. The molecule has 0 aliphatic carbocycles. The highest BCUT2D eigenvalue weighted by atomic mass is 79.9. The summed E-state index contributed by atoms with van der Waals surface area (Å²) in [5.74, 6) is -0.151. The number of benzene rings is 1. The van der Waals surface area contributed by atoms with Gasteiger partial charge in [0.1, 0.15) is 10.6 Å². The van der Waals surface area contributed by atoms with Gasteiger partial charge in [0.15, 0.2) is 0 Å². The van der Waals surface area contributed by atoms with Gasteiger partial charge in [-0.2, -0.15) is 0 Å². The summed E-state index contributed by atoms with van der Waals surface area (Å²) in [6.07, 6.45) is 0. The lowest BCUT2D eigenvalue weighted by Gasteiger charge is -2.05. The lowest BCUT2D eigenvalue weighted by molar-refractivity contribution is -0.114. The second kappa shape index (κ2) is 6.51. The predicted molar refractivity (Wildman–Crippen MR) is 85.4 cm³/mol. The van der Waals surface area contributed by atoms with Gasteiger partial charge in [0.25, 0.3) is 0 Å². The highest BCUT2D eigenvalue weighted by Gasteiger charge is 2.14. The van der Waals surface area contributed by atoms with Gasteiger partial charge >= 0.3 is 5.97 Å². The molecule has 20 heavy (non-hydrogen) atoms. The van der Waals surface area contributed by atoms with E-state index in [0.717, 1.165) is 8.26 Å². The van der Waals surface area contributed by atoms with E-state index >= 15 is 0 Å². The average molecular weight is 419 g/mol. The molecule has 2 aromatic rings. The first-order valence-corrected chi connectivity index (χ1v) is 7.90. The van der Waals surface area contributed by atoms with Crippen LogP contribution in [0, 0.1) is 0 Å². The third-order valence-electron chi connectivity index (χ3n) is 2.23. The van der Waals surface area contributed by atoms with E-state index < -0.39 is 5.97 Å². The van der Waals surface area contributed by atoms with E-state index in [0.29, 0.717) is 16.3 Å². The molecule has 1 amide bonds. The summed E-state index contributed by atoms with van der Waals surface area (Å²) in [6.45, 7) is 1.43. The molecule has 0 atom stereocenters. The molecule has 0 saturated heterocycles. The SMILES string of the molecule is CC(=O)Nc1ccc(OC(=O)c2cc(Br)c(Br)s2)cc1. The fraction of sp³-hybridized carbons (Fsp3) is 0.0769. The van der Waals surface area contributed by atoms with Crippen molar-refractivity contribution >= 4 is 60.8 Å². The number of ether oxygens (including phenoxy) is 1. The Morgan fingerprint density at radius 2 is 1.85 bits per heavy atom. The molecule has 104 valence electrons. The van der Waals surface area contributed by atoms with E-state index in [-0.39, 0.29) is 5.91 Å². The summed E-state index contributed by atoms with van der Waals surface area (Å²) in [7, 11) is 0. The zero-order valence-electron chi connectivity index (χ0n) is 10.3. The van der Waals surface area contributed by atoms with E-state index in [4.69, 9.17) is 4.74 Å². The van der Waals surface area contributed by atoms with Gasteiger partial charge in [0.2, 0.25) is 5.91 Å². The van der Waals surface area contributed by atoms with Gasteiger partial charge in [-0.3, -0.25) is 4.79 Å². The molecule has 0 unspecified atom stereocenters. The first-order chi connectivity index (χ1) is 9.45. The van der Waals surface area contributed by atoms with Crippen LogP contribution >= 0.6 is 43.2 Å². The summed E-state index contributed by atoms with van der Waals surface area (Å²) in [6, 6.07) is 8.29. The molecule has 0 aliphatic rings. The lowest BCUT2D eigenvalue weighted by atomic mass is 10.3. The van der Waals surface area contributed by atoms with Crippen LogP contribution in [0.3, 0.4) is 0 Å².